The fourth-order valence-corrected chi connectivity index (χ4v) is 2.71. The Morgan fingerprint density at radius 1 is 0.893 bits per heavy atom. The smallest absolute Gasteiger partial charge is 0.229 e. The van der Waals surface area contributed by atoms with Crippen LogP contribution in [0.25, 0.3) is 0 Å². The third-order valence-corrected chi connectivity index (χ3v) is 4.08. The van der Waals surface area contributed by atoms with Crippen molar-refractivity contribution in [3.63, 3.8) is 0 Å². The van der Waals surface area contributed by atoms with E-state index in [1.54, 1.807) is 0 Å². The fourth-order valence-electron chi connectivity index (χ4n) is 2.71. The summed E-state index contributed by atoms with van der Waals surface area (Å²) >= 11 is 0. The van der Waals surface area contributed by atoms with Gasteiger partial charge in [0.2, 0.25) is 5.95 Å². The van der Waals surface area contributed by atoms with Gasteiger partial charge in [-0.2, -0.15) is 4.98 Å². The summed E-state index contributed by atoms with van der Waals surface area (Å²) in [5.74, 6) is 2.92. The van der Waals surface area contributed by atoms with Crippen molar-refractivity contribution < 1.29 is 9.84 Å². The van der Waals surface area contributed by atoms with E-state index >= 15 is 0 Å². The molecule has 6 heteroatoms. The lowest BCUT2D eigenvalue weighted by molar-refractivity contribution is 0.283. The average Bonchev–Trinajstić information content (AvgIpc) is 2.70. The van der Waals surface area contributed by atoms with E-state index in [0.29, 0.717) is 5.95 Å². The summed E-state index contributed by atoms with van der Waals surface area (Å²) in [4.78, 5) is 8.97. The molecule has 6 nitrogen and oxygen atoms in total. The zero-order valence-corrected chi connectivity index (χ0v) is 16.1. The molecule has 28 heavy (non-hydrogen) atoms. The van der Waals surface area contributed by atoms with E-state index in [4.69, 9.17) is 9.84 Å². The second kappa shape index (κ2) is 10.3. The largest absolute Gasteiger partial charge is 0.457 e. The Morgan fingerprint density at radius 3 is 2.39 bits per heavy atom. The number of hydrogen-bond acceptors (Lipinski definition) is 6. The first-order valence-electron chi connectivity index (χ1n) is 9.53. The van der Waals surface area contributed by atoms with Gasteiger partial charge >= 0.3 is 0 Å². The molecule has 0 amide bonds. The number of rotatable bonds is 10. The molecule has 1 heterocycles. The van der Waals surface area contributed by atoms with Gasteiger partial charge in [0.25, 0.3) is 0 Å². The van der Waals surface area contributed by atoms with Gasteiger partial charge in [-0.3, -0.25) is 0 Å². The molecule has 3 aromatic rings. The maximum atomic E-state index is 8.83. The number of anilines is 3. The van der Waals surface area contributed by atoms with E-state index in [0.717, 1.165) is 54.5 Å². The lowest BCUT2D eigenvalue weighted by atomic mass is 10.2. The van der Waals surface area contributed by atoms with Crippen LogP contribution in [0.4, 0.5) is 17.5 Å². The van der Waals surface area contributed by atoms with Crippen LogP contribution in [0.5, 0.6) is 11.5 Å². The Bertz CT molecular complexity index is 854. The number of benzene rings is 2. The standard InChI is InChI=1S/C22H26N4O2/c1-17-16-21(23-14-6-3-7-15-27)26-22(24-17)25-18-10-12-20(13-11-18)28-19-8-4-2-5-9-19/h2,4-5,8-13,16,27H,3,6-7,14-15H2,1H3,(H2,23,24,25,26). The van der Waals surface area contributed by atoms with Crippen molar-refractivity contribution in [1.82, 2.24) is 9.97 Å². The summed E-state index contributed by atoms with van der Waals surface area (Å²) in [7, 11) is 0. The minimum absolute atomic E-state index is 0.246. The van der Waals surface area contributed by atoms with Crippen LogP contribution in [0.2, 0.25) is 0 Å². The van der Waals surface area contributed by atoms with Crippen molar-refractivity contribution in [3.05, 3.63) is 66.4 Å². The van der Waals surface area contributed by atoms with Crippen LogP contribution in [-0.2, 0) is 0 Å². The topological polar surface area (TPSA) is 79.3 Å². The van der Waals surface area contributed by atoms with Crippen LogP contribution >= 0.6 is 0 Å². The Morgan fingerprint density at radius 2 is 1.64 bits per heavy atom. The van der Waals surface area contributed by atoms with Crippen LogP contribution in [-0.4, -0.2) is 28.2 Å². The molecule has 2 aromatic carbocycles. The quantitative estimate of drug-likeness (QED) is 0.436. The molecular formula is C22H26N4O2. The SMILES string of the molecule is Cc1cc(NCCCCCO)nc(Nc2ccc(Oc3ccccc3)cc2)n1. The molecule has 0 bridgehead atoms. The van der Waals surface area contributed by atoms with E-state index in [9.17, 15) is 0 Å². The summed E-state index contributed by atoms with van der Waals surface area (Å²) in [6.45, 7) is 3.01. The molecule has 3 N–H and O–H groups in total. The van der Waals surface area contributed by atoms with E-state index in [1.165, 1.54) is 0 Å². The summed E-state index contributed by atoms with van der Waals surface area (Å²) in [5, 5.41) is 15.4. The minimum Gasteiger partial charge on any atom is -0.457 e. The number of aryl methyl sites for hydroxylation is 1. The molecule has 0 spiro atoms. The highest BCUT2D eigenvalue weighted by Gasteiger charge is 2.04. The molecule has 0 radical (unpaired) electrons. The molecule has 0 saturated carbocycles. The zero-order valence-electron chi connectivity index (χ0n) is 16.1. The average molecular weight is 378 g/mol. The number of nitrogens with one attached hydrogen (secondary N) is 2. The van der Waals surface area contributed by atoms with Crippen LogP contribution < -0.4 is 15.4 Å². The number of unbranched alkanes of at least 4 members (excludes halogenated alkanes) is 2. The Kier molecular flexibility index (Phi) is 7.21. The first-order chi connectivity index (χ1) is 13.7. The highest BCUT2D eigenvalue weighted by atomic mass is 16.5. The molecule has 0 saturated heterocycles. The number of para-hydroxylation sites is 1. The number of aliphatic hydroxyl groups excluding tert-OH is 1. The number of ether oxygens (including phenoxy) is 1. The molecule has 0 atom stereocenters. The van der Waals surface area contributed by atoms with Gasteiger partial charge in [-0.1, -0.05) is 18.2 Å². The van der Waals surface area contributed by atoms with Gasteiger partial charge in [-0.25, -0.2) is 4.98 Å². The van der Waals surface area contributed by atoms with Gasteiger partial charge in [0.15, 0.2) is 0 Å². The highest BCUT2D eigenvalue weighted by molar-refractivity contribution is 5.56. The number of aliphatic hydroxyl groups is 1. The summed E-state index contributed by atoms with van der Waals surface area (Å²) < 4.78 is 5.81. The monoisotopic (exact) mass is 378 g/mol. The van der Waals surface area contributed by atoms with E-state index < -0.39 is 0 Å². The van der Waals surface area contributed by atoms with Crippen LogP contribution in [0.15, 0.2) is 60.7 Å². The summed E-state index contributed by atoms with van der Waals surface area (Å²) in [6, 6.07) is 19.3. The highest BCUT2D eigenvalue weighted by Crippen LogP contribution is 2.24. The molecule has 0 fully saturated rings. The van der Waals surface area contributed by atoms with Crippen LogP contribution in [0, 0.1) is 6.92 Å². The Labute approximate surface area is 165 Å². The number of aromatic nitrogens is 2. The van der Waals surface area contributed by atoms with Crippen molar-refractivity contribution in [3.8, 4) is 11.5 Å². The second-order valence-corrected chi connectivity index (χ2v) is 6.49. The normalized spacial score (nSPS) is 10.5. The van der Waals surface area contributed by atoms with Gasteiger partial charge < -0.3 is 20.5 Å². The predicted molar refractivity (Wildman–Crippen MR) is 112 cm³/mol. The van der Waals surface area contributed by atoms with Crippen molar-refractivity contribution >= 4 is 17.5 Å². The van der Waals surface area contributed by atoms with Gasteiger partial charge in [-0.15, -0.1) is 0 Å². The molecule has 0 unspecified atom stereocenters. The summed E-state index contributed by atoms with van der Waals surface area (Å²) in [6.07, 6.45) is 2.83. The fraction of sp³-hybridized carbons (Fsp3) is 0.273. The van der Waals surface area contributed by atoms with Gasteiger partial charge in [0, 0.05) is 30.6 Å². The molecule has 3 rings (SSSR count). The molecule has 146 valence electrons. The molecule has 0 aliphatic heterocycles. The van der Waals surface area contributed by atoms with Crippen molar-refractivity contribution in [2.75, 3.05) is 23.8 Å². The maximum absolute atomic E-state index is 8.83. The Hall–Kier alpha value is -3.12. The summed E-state index contributed by atoms with van der Waals surface area (Å²) in [5.41, 5.74) is 1.78. The van der Waals surface area contributed by atoms with Crippen molar-refractivity contribution in [1.29, 1.82) is 0 Å². The third-order valence-electron chi connectivity index (χ3n) is 4.08. The molecular weight excluding hydrogens is 352 g/mol. The first-order valence-corrected chi connectivity index (χ1v) is 9.53. The van der Waals surface area contributed by atoms with E-state index in [2.05, 4.69) is 20.6 Å². The second-order valence-electron chi connectivity index (χ2n) is 6.49. The third kappa shape index (κ3) is 6.25. The lowest BCUT2D eigenvalue weighted by Crippen LogP contribution is -2.07. The molecule has 1 aromatic heterocycles. The minimum atomic E-state index is 0.246. The van der Waals surface area contributed by atoms with E-state index in [-0.39, 0.29) is 6.61 Å². The zero-order chi connectivity index (χ0) is 19.6. The number of hydrogen-bond donors (Lipinski definition) is 3. The van der Waals surface area contributed by atoms with Crippen molar-refractivity contribution in [2.24, 2.45) is 0 Å². The van der Waals surface area contributed by atoms with Gasteiger partial charge in [0.1, 0.15) is 17.3 Å². The first kappa shape index (κ1) is 19.6. The maximum Gasteiger partial charge on any atom is 0.229 e. The van der Waals surface area contributed by atoms with Gasteiger partial charge in [0.05, 0.1) is 0 Å². The lowest BCUT2D eigenvalue weighted by Gasteiger charge is -2.11. The van der Waals surface area contributed by atoms with Crippen LogP contribution in [0.3, 0.4) is 0 Å². The predicted octanol–water partition coefficient (Wildman–Crippen LogP) is 4.90. The number of nitrogens with zero attached hydrogens (tertiary/aromatic N) is 2. The molecule has 0 aliphatic carbocycles. The van der Waals surface area contributed by atoms with E-state index in [1.807, 2.05) is 67.6 Å². The van der Waals surface area contributed by atoms with Crippen molar-refractivity contribution in [2.45, 2.75) is 26.2 Å². The van der Waals surface area contributed by atoms with Crippen LogP contribution in [0.1, 0.15) is 25.0 Å². The molecule has 0 aliphatic rings. The Balaban J connectivity index is 1.58. The van der Waals surface area contributed by atoms with Gasteiger partial charge in [-0.05, 0) is 62.6 Å².